The van der Waals surface area contributed by atoms with E-state index >= 15 is 0 Å². The number of hydrogen-bond donors (Lipinski definition) is 6. The van der Waals surface area contributed by atoms with Gasteiger partial charge in [0.1, 0.15) is 23.0 Å². The zero-order chi connectivity index (χ0) is 35.3. The third-order valence-corrected chi connectivity index (χ3v) is 9.18. The first-order valence-electron chi connectivity index (χ1n) is 16.7. The summed E-state index contributed by atoms with van der Waals surface area (Å²) in [6.07, 6.45) is 5.89. The minimum Gasteiger partial charge on any atom is -0.508 e. The number of phenols is 4. The van der Waals surface area contributed by atoms with Crippen LogP contribution in [0.2, 0.25) is 0 Å². The maximum absolute atomic E-state index is 10.9. The molecule has 0 spiro atoms. The monoisotopic (exact) mass is 678 g/mol. The standard InChI is InChI=1S/C44H30N4O4/c49-34-9-1-5-25(17-34)38-23-33-22-31-14-13-29(45-31)21-30-15-16-32(46-30)24-39-40(26-6-2-10-35(50)18-26)41(27-7-3-11-36(51)19-27)44(48-39)42(43(38)47-33)28-8-4-12-37(52)20-28/h1-24,45,48-52H. The molecule has 7 aromatic rings. The van der Waals surface area contributed by atoms with Crippen molar-refractivity contribution in [3.05, 3.63) is 156 Å². The third kappa shape index (κ3) is 5.64. The van der Waals surface area contributed by atoms with Crippen molar-refractivity contribution in [3.8, 4) is 56.4 Å². The van der Waals surface area contributed by atoms with Gasteiger partial charge < -0.3 is 30.4 Å². The van der Waals surface area contributed by atoms with E-state index in [1.54, 1.807) is 72.8 Å². The molecular formula is C44H30N4O4. The minimum atomic E-state index is 0.0727. The molecular weight excluding hydrogens is 649 g/mol. The molecule has 9 rings (SSSR count). The number of benzene rings is 4. The molecule has 0 aliphatic carbocycles. The zero-order valence-corrected chi connectivity index (χ0v) is 27.5. The van der Waals surface area contributed by atoms with E-state index < -0.39 is 0 Å². The fourth-order valence-corrected chi connectivity index (χ4v) is 7.00. The van der Waals surface area contributed by atoms with E-state index in [1.807, 2.05) is 72.8 Å². The minimum absolute atomic E-state index is 0.0727. The Kier molecular flexibility index (Phi) is 7.22. The summed E-state index contributed by atoms with van der Waals surface area (Å²) < 4.78 is 0. The third-order valence-electron chi connectivity index (χ3n) is 9.18. The molecule has 0 amide bonds. The average molecular weight is 679 g/mol. The van der Waals surface area contributed by atoms with Crippen LogP contribution in [0.1, 0.15) is 28.3 Å². The van der Waals surface area contributed by atoms with E-state index in [2.05, 4.69) is 9.97 Å². The van der Waals surface area contributed by atoms with Gasteiger partial charge in [-0.3, -0.25) is 0 Å². The van der Waals surface area contributed by atoms with Gasteiger partial charge in [0.05, 0.1) is 28.3 Å². The van der Waals surface area contributed by atoms with Gasteiger partial charge in [0.2, 0.25) is 0 Å². The molecule has 8 nitrogen and oxygen atoms in total. The summed E-state index contributed by atoms with van der Waals surface area (Å²) in [6.45, 7) is 0. The van der Waals surface area contributed by atoms with Crippen LogP contribution in [-0.2, 0) is 0 Å². The van der Waals surface area contributed by atoms with Crippen LogP contribution in [0.5, 0.6) is 23.0 Å². The van der Waals surface area contributed by atoms with E-state index in [0.717, 1.165) is 44.6 Å². The number of H-pyrrole nitrogens is 2. The van der Waals surface area contributed by atoms with Gasteiger partial charge in [0.25, 0.3) is 0 Å². The van der Waals surface area contributed by atoms with Gasteiger partial charge in [-0.05, 0) is 119 Å². The highest BCUT2D eigenvalue weighted by Gasteiger charge is 2.25. The second kappa shape index (κ2) is 12.2. The molecule has 3 aromatic heterocycles. The lowest BCUT2D eigenvalue weighted by atomic mass is 9.90. The van der Waals surface area contributed by atoms with Crippen molar-refractivity contribution < 1.29 is 20.4 Å². The van der Waals surface area contributed by atoms with Crippen LogP contribution in [0, 0.1) is 0 Å². The van der Waals surface area contributed by atoms with Crippen molar-refractivity contribution in [2.24, 2.45) is 0 Å². The molecule has 8 heteroatoms. The fourth-order valence-electron chi connectivity index (χ4n) is 7.00. The number of aromatic nitrogens is 4. The largest absolute Gasteiger partial charge is 0.508 e. The van der Waals surface area contributed by atoms with Gasteiger partial charge in [0, 0.05) is 38.8 Å². The van der Waals surface area contributed by atoms with Crippen LogP contribution in [0.25, 0.3) is 79.2 Å². The van der Waals surface area contributed by atoms with Crippen molar-refractivity contribution in [2.75, 3.05) is 0 Å². The smallest absolute Gasteiger partial charge is 0.116 e. The number of rotatable bonds is 4. The normalized spacial score (nSPS) is 12.2. The maximum Gasteiger partial charge on any atom is 0.116 e. The summed E-state index contributed by atoms with van der Waals surface area (Å²) in [7, 11) is 0. The Morgan fingerprint density at radius 1 is 0.423 bits per heavy atom. The summed E-state index contributed by atoms with van der Waals surface area (Å²) in [5, 5.41) is 43.1. The number of nitrogens with one attached hydrogen (secondary N) is 2. The lowest BCUT2D eigenvalue weighted by molar-refractivity contribution is 0.474. The number of nitrogens with zero attached hydrogens (tertiary/aromatic N) is 2. The summed E-state index contributed by atoms with van der Waals surface area (Å²) in [6, 6.07) is 38.0. The number of hydrogen-bond acceptors (Lipinski definition) is 6. The van der Waals surface area contributed by atoms with Crippen molar-refractivity contribution in [2.45, 2.75) is 0 Å². The SMILES string of the molecule is Oc1cccc(C2=Cc3cc4ccc(cc5nc(cc6[nH]c(c(-c7cccc(O)c7)c2n3)c(-c2cccc(O)c2)c6-c2cccc(O)c2)C=C5)[nH]4)c1. The lowest BCUT2D eigenvalue weighted by Gasteiger charge is -2.13. The van der Waals surface area contributed by atoms with Gasteiger partial charge in [-0.15, -0.1) is 0 Å². The topological polar surface area (TPSA) is 138 Å². The highest BCUT2D eigenvalue weighted by molar-refractivity contribution is 6.11. The Hall–Kier alpha value is -7.32. The van der Waals surface area contributed by atoms with Crippen LogP contribution in [0.3, 0.4) is 0 Å². The van der Waals surface area contributed by atoms with Gasteiger partial charge in [0.15, 0.2) is 0 Å². The van der Waals surface area contributed by atoms with Gasteiger partial charge in [-0.1, -0.05) is 48.5 Å². The molecule has 0 saturated heterocycles. The number of aromatic hydroxyl groups is 4. The average Bonchev–Trinajstić information content (AvgIpc) is 3.93. The maximum atomic E-state index is 10.9. The van der Waals surface area contributed by atoms with E-state index in [9.17, 15) is 20.4 Å². The molecule has 6 N–H and O–H groups in total. The Balaban J connectivity index is 1.55. The molecule has 2 aliphatic heterocycles. The Morgan fingerprint density at radius 3 is 1.52 bits per heavy atom. The predicted octanol–water partition coefficient (Wildman–Crippen LogP) is 9.90. The summed E-state index contributed by atoms with van der Waals surface area (Å²) in [4.78, 5) is 17.4. The van der Waals surface area contributed by atoms with Crippen LogP contribution < -0.4 is 0 Å². The van der Waals surface area contributed by atoms with E-state index in [-0.39, 0.29) is 23.0 Å². The highest BCUT2D eigenvalue weighted by Crippen LogP contribution is 2.47. The molecule has 52 heavy (non-hydrogen) atoms. The van der Waals surface area contributed by atoms with Crippen molar-refractivity contribution in [1.29, 1.82) is 0 Å². The van der Waals surface area contributed by atoms with Crippen LogP contribution in [-0.4, -0.2) is 40.4 Å². The first-order valence-corrected chi connectivity index (χ1v) is 16.7. The van der Waals surface area contributed by atoms with Gasteiger partial charge >= 0.3 is 0 Å². The van der Waals surface area contributed by atoms with Crippen molar-refractivity contribution in [3.63, 3.8) is 0 Å². The predicted molar refractivity (Wildman–Crippen MR) is 206 cm³/mol. The van der Waals surface area contributed by atoms with Crippen LogP contribution in [0.15, 0.2) is 127 Å². The number of phenolic OH excluding ortho intramolecular Hbond substituents is 4. The zero-order valence-electron chi connectivity index (χ0n) is 27.5. The second-order valence-corrected chi connectivity index (χ2v) is 12.8. The summed E-state index contributed by atoms with van der Waals surface area (Å²) >= 11 is 0. The molecule has 0 fully saturated rings. The Bertz CT molecular complexity index is 2810. The fraction of sp³-hybridized carbons (Fsp3) is 0. The van der Waals surface area contributed by atoms with E-state index in [4.69, 9.17) is 9.97 Å². The molecule has 2 aliphatic rings. The lowest BCUT2D eigenvalue weighted by Crippen LogP contribution is -1.93. The molecule has 8 bridgehead atoms. The number of fused-ring (bicyclic) bond motifs is 8. The molecule has 0 unspecified atom stereocenters. The molecule has 0 saturated carbocycles. The second-order valence-electron chi connectivity index (χ2n) is 12.8. The molecule has 0 atom stereocenters. The summed E-state index contributed by atoms with van der Waals surface area (Å²) in [5.41, 5.74) is 11.6. The Morgan fingerprint density at radius 2 is 0.923 bits per heavy atom. The first-order chi connectivity index (χ1) is 25.3. The van der Waals surface area contributed by atoms with E-state index in [0.29, 0.717) is 44.8 Å². The molecule has 5 heterocycles. The molecule has 4 aromatic carbocycles. The Labute approximate surface area is 297 Å². The van der Waals surface area contributed by atoms with Crippen molar-refractivity contribution >= 4 is 45.9 Å². The highest BCUT2D eigenvalue weighted by atomic mass is 16.3. The van der Waals surface area contributed by atoms with Crippen LogP contribution in [0.4, 0.5) is 0 Å². The van der Waals surface area contributed by atoms with Crippen molar-refractivity contribution in [1.82, 2.24) is 19.9 Å². The summed E-state index contributed by atoms with van der Waals surface area (Å²) in [5.74, 6) is 0.368. The van der Waals surface area contributed by atoms with Crippen LogP contribution >= 0.6 is 0 Å². The van der Waals surface area contributed by atoms with Gasteiger partial charge in [-0.2, -0.15) is 0 Å². The van der Waals surface area contributed by atoms with Gasteiger partial charge in [-0.25, -0.2) is 9.97 Å². The molecule has 250 valence electrons. The number of aromatic amines is 2. The quantitative estimate of drug-likeness (QED) is 0.110. The molecule has 0 radical (unpaired) electrons. The van der Waals surface area contributed by atoms with E-state index in [1.165, 1.54) is 0 Å². The first kappa shape index (κ1) is 30.7.